The van der Waals surface area contributed by atoms with E-state index in [9.17, 15) is 14.7 Å². The van der Waals surface area contributed by atoms with Crippen LogP contribution in [0.4, 0.5) is 0 Å². The third-order valence-corrected chi connectivity index (χ3v) is 6.63. The van der Waals surface area contributed by atoms with Gasteiger partial charge in [-0.2, -0.15) is 0 Å². The molecule has 1 aliphatic heterocycles. The number of benzene rings is 2. The zero-order valence-corrected chi connectivity index (χ0v) is 20.8. The average Bonchev–Trinajstić information content (AvgIpc) is 3.30. The molecule has 0 saturated carbocycles. The molecule has 0 aliphatic carbocycles. The first-order valence-electron chi connectivity index (χ1n) is 11.8. The summed E-state index contributed by atoms with van der Waals surface area (Å²) < 4.78 is 10.7. The van der Waals surface area contributed by atoms with Gasteiger partial charge in [-0.05, 0) is 49.1 Å². The summed E-state index contributed by atoms with van der Waals surface area (Å²) in [6, 6.07) is 12.4. The molecule has 1 saturated heterocycles. The van der Waals surface area contributed by atoms with Gasteiger partial charge in [0, 0.05) is 48.0 Å². The van der Waals surface area contributed by atoms with Crippen molar-refractivity contribution < 1.29 is 24.2 Å². The van der Waals surface area contributed by atoms with Crippen LogP contribution in [-0.2, 0) is 14.3 Å². The molecule has 2 N–H and O–H groups in total. The lowest BCUT2D eigenvalue weighted by Crippen LogP contribution is -2.31. The largest absolute Gasteiger partial charge is 0.507 e. The Morgan fingerprint density at radius 1 is 1.14 bits per heavy atom. The number of aliphatic hydroxyl groups excluding tert-OH is 1. The highest BCUT2D eigenvalue weighted by molar-refractivity contribution is 6.46. The normalized spacial score (nSPS) is 17.7. The van der Waals surface area contributed by atoms with Crippen LogP contribution in [0.1, 0.15) is 54.6 Å². The molecule has 1 fully saturated rings. The summed E-state index contributed by atoms with van der Waals surface area (Å²) in [5.41, 5.74) is 4.06. The van der Waals surface area contributed by atoms with Crippen molar-refractivity contribution >= 4 is 28.4 Å². The second-order valence-corrected chi connectivity index (χ2v) is 9.16. The number of aryl methyl sites for hydroxylation is 1. The van der Waals surface area contributed by atoms with Gasteiger partial charge in [-0.1, -0.05) is 32.0 Å². The number of hydrogen-bond donors (Lipinski definition) is 2. The molecule has 4 rings (SSSR count). The predicted octanol–water partition coefficient (Wildman–Crippen LogP) is 5.07. The van der Waals surface area contributed by atoms with Gasteiger partial charge < -0.3 is 24.5 Å². The minimum Gasteiger partial charge on any atom is -0.507 e. The predicted molar refractivity (Wildman–Crippen MR) is 136 cm³/mol. The maximum atomic E-state index is 13.4. The number of aromatic amines is 1. The summed E-state index contributed by atoms with van der Waals surface area (Å²) >= 11 is 0. The van der Waals surface area contributed by atoms with Crippen molar-refractivity contribution in [2.75, 3.05) is 27.4 Å². The molecule has 1 amide bonds. The number of carbonyl (C=O) groups excluding carboxylic acids is 2. The molecule has 1 aromatic heterocycles. The Bertz CT molecular complexity index is 1300. The number of likely N-dealkylation sites (tertiary alicyclic amines) is 1. The number of ketones is 1. The zero-order valence-electron chi connectivity index (χ0n) is 20.8. The zero-order chi connectivity index (χ0) is 25.3. The number of hydrogen-bond acceptors (Lipinski definition) is 5. The van der Waals surface area contributed by atoms with Crippen molar-refractivity contribution in [3.05, 3.63) is 70.4 Å². The Kier molecular flexibility index (Phi) is 6.98. The van der Waals surface area contributed by atoms with Crippen molar-refractivity contribution in [1.82, 2.24) is 9.88 Å². The third-order valence-electron chi connectivity index (χ3n) is 6.63. The Morgan fingerprint density at radius 2 is 1.89 bits per heavy atom. The molecule has 7 heteroatoms. The van der Waals surface area contributed by atoms with E-state index in [1.807, 2.05) is 51.1 Å². The van der Waals surface area contributed by atoms with E-state index in [1.54, 1.807) is 31.3 Å². The lowest BCUT2D eigenvalue weighted by atomic mass is 9.92. The number of H-pyrrole nitrogens is 1. The summed E-state index contributed by atoms with van der Waals surface area (Å²) in [4.78, 5) is 31.5. The fourth-order valence-corrected chi connectivity index (χ4v) is 4.93. The molecule has 1 unspecified atom stereocenters. The SMILES string of the molecule is COCCCN1C(=O)C(=O)/C(=C(/O)c2ccc(OC)c(C(C)C)c2)C1c1c(C)[nH]c2ccccc12. The molecule has 3 aromatic rings. The van der Waals surface area contributed by atoms with E-state index in [0.29, 0.717) is 30.9 Å². The molecule has 7 nitrogen and oxygen atoms in total. The number of ether oxygens (including phenoxy) is 2. The summed E-state index contributed by atoms with van der Waals surface area (Å²) in [7, 11) is 3.21. The molecule has 1 atom stereocenters. The van der Waals surface area contributed by atoms with Crippen LogP contribution in [0.5, 0.6) is 5.75 Å². The second kappa shape index (κ2) is 9.96. The lowest BCUT2D eigenvalue weighted by Gasteiger charge is -2.25. The van der Waals surface area contributed by atoms with Crippen LogP contribution >= 0.6 is 0 Å². The Labute approximate surface area is 205 Å². The van der Waals surface area contributed by atoms with E-state index < -0.39 is 17.7 Å². The van der Waals surface area contributed by atoms with Crippen LogP contribution in [0, 0.1) is 6.92 Å². The Morgan fingerprint density at radius 3 is 2.57 bits per heavy atom. The monoisotopic (exact) mass is 476 g/mol. The molecular weight excluding hydrogens is 444 g/mol. The van der Waals surface area contributed by atoms with E-state index in [2.05, 4.69) is 4.98 Å². The van der Waals surface area contributed by atoms with Gasteiger partial charge in [-0.15, -0.1) is 0 Å². The quantitative estimate of drug-likeness (QED) is 0.205. The third kappa shape index (κ3) is 4.32. The number of aromatic nitrogens is 1. The van der Waals surface area contributed by atoms with Crippen LogP contribution in [-0.4, -0.2) is 54.1 Å². The van der Waals surface area contributed by atoms with Gasteiger partial charge in [-0.3, -0.25) is 9.59 Å². The summed E-state index contributed by atoms with van der Waals surface area (Å²) in [6.07, 6.45) is 0.571. The number of rotatable bonds is 8. The van der Waals surface area contributed by atoms with E-state index >= 15 is 0 Å². The van der Waals surface area contributed by atoms with Gasteiger partial charge in [0.15, 0.2) is 0 Å². The molecule has 184 valence electrons. The van der Waals surface area contributed by atoms with Crippen molar-refractivity contribution in [3.63, 3.8) is 0 Å². The molecule has 0 radical (unpaired) electrons. The van der Waals surface area contributed by atoms with Crippen LogP contribution in [0.15, 0.2) is 48.0 Å². The molecular formula is C28H32N2O5. The van der Waals surface area contributed by atoms with Crippen LogP contribution in [0.3, 0.4) is 0 Å². The van der Waals surface area contributed by atoms with E-state index in [0.717, 1.165) is 27.7 Å². The Balaban J connectivity index is 1.94. The number of fused-ring (bicyclic) bond motifs is 1. The topological polar surface area (TPSA) is 91.9 Å². The number of Topliss-reactive ketones (excluding diaryl/α,β-unsaturated/α-hetero) is 1. The van der Waals surface area contributed by atoms with Gasteiger partial charge in [0.05, 0.1) is 18.7 Å². The van der Waals surface area contributed by atoms with Gasteiger partial charge in [0.2, 0.25) is 0 Å². The first-order chi connectivity index (χ1) is 16.8. The van der Waals surface area contributed by atoms with Crippen molar-refractivity contribution in [3.8, 4) is 5.75 Å². The van der Waals surface area contributed by atoms with E-state index in [4.69, 9.17) is 9.47 Å². The minimum atomic E-state index is -0.715. The van der Waals surface area contributed by atoms with Crippen LogP contribution in [0.2, 0.25) is 0 Å². The number of aliphatic hydroxyl groups is 1. The standard InChI is InChI=1S/C28H32N2O5/c1-16(2)20-15-18(11-12-22(20)35-5)26(31)24-25(30(13-8-14-34-4)28(33)27(24)32)23-17(3)29-21-10-7-6-9-19(21)23/h6-7,9-12,15-16,25,29,31H,8,13-14H2,1-5H3/b26-24+. The first kappa shape index (κ1) is 24.5. The number of nitrogens with zero attached hydrogens (tertiary/aromatic N) is 1. The van der Waals surface area contributed by atoms with Crippen molar-refractivity contribution in [2.45, 2.75) is 39.2 Å². The highest BCUT2D eigenvalue weighted by atomic mass is 16.5. The van der Waals surface area contributed by atoms with Gasteiger partial charge >= 0.3 is 0 Å². The molecule has 0 bridgehead atoms. The van der Waals surface area contributed by atoms with Crippen LogP contribution in [0.25, 0.3) is 16.7 Å². The van der Waals surface area contributed by atoms with Crippen molar-refractivity contribution in [2.24, 2.45) is 0 Å². The fraction of sp³-hybridized carbons (Fsp3) is 0.357. The maximum Gasteiger partial charge on any atom is 0.295 e. The molecule has 1 aliphatic rings. The number of nitrogens with one attached hydrogen (secondary N) is 1. The number of methoxy groups -OCH3 is 2. The summed E-state index contributed by atoms with van der Waals surface area (Å²) in [6.45, 7) is 6.78. The highest BCUT2D eigenvalue weighted by Gasteiger charge is 2.47. The second-order valence-electron chi connectivity index (χ2n) is 9.16. The maximum absolute atomic E-state index is 13.4. The number of carbonyl (C=O) groups is 2. The van der Waals surface area contributed by atoms with Gasteiger partial charge in [0.1, 0.15) is 11.5 Å². The van der Waals surface area contributed by atoms with Crippen LogP contribution < -0.4 is 4.74 Å². The fourth-order valence-electron chi connectivity index (χ4n) is 4.93. The Hall–Kier alpha value is -3.58. The van der Waals surface area contributed by atoms with E-state index in [1.165, 1.54) is 0 Å². The summed E-state index contributed by atoms with van der Waals surface area (Å²) in [5, 5.41) is 12.4. The molecule has 2 aromatic carbocycles. The molecule has 2 heterocycles. The van der Waals surface area contributed by atoms with Crippen molar-refractivity contribution in [1.29, 1.82) is 0 Å². The first-order valence-corrected chi connectivity index (χ1v) is 11.8. The lowest BCUT2D eigenvalue weighted by molar-refractivity contribution is -0.140. The van der Waals surface area contributed by atoms with Gasteiger partial charge in [-0.25, -0.2) is 0 Å². The number of para-hydroxylation sites is 1. The van der Waals surface area contributed by atoms with Gasteiger partial charge in [0.25, 0.3) is 11.7 Å². The number of amides is 1. The average molecular weight is 477 g/mol. The highest BCUT2D eigenvalue weighted by Crippen LogP contribution is 2.44. The summed E-state index contributed by atoms with van der Waals surface area (Å²) in [5.74, 6) is -0.635. The minimum absolute atomic E-state index is 0.0974. The molecule has 35 heavy (non-hydrogen) atoms. The van der Waals surface area contributed by atoms with E-state index in [-0.39, 0.29) is 17.3 Å². The molecule has 0 spiro atoms. The smallest absolute Gasteiger partial charge is 0.295 e.